The highest BCUT2D eigenvalue weighted by Crippen LogP contribution is 2.40. The highest BCUT2D eigenvalue weighted by molar-refractivity contribution is 6.09. The lowest BCUT2D eigenvalue weighted by Gasteiger charge is -2.16. The topological polar surface area (TPSA) is 43.9 Å². The molecule has 9 aromatic rings. The first-order chi connectivity index (χ1) is 27.7. The summed E-state index contributed by atoms with van der Waals surface area (Å²) >= 11 is 0. The fourth-order valence-electron chi connectivity index (χ4n) is 7.84. The predicted octanol–water partition coefficient (Wildman–Crippen LogP) is 14.4. The maximum atomic E-state index is 6.04. The van der Waals surface area contributed by atoms with E-state index in [1.807, 2.05) is 44.2 Å². The minimum atomic E-state index is 0.505. The maximum Gasteiger partial charge on any atom is 0.248 e. The van der Waals surface area contributed by atoms with Gasteiger partial charge in [-0.3, -0.25) is 0 Å². The second-order valence-electron chi connectivity index (χ2n) is 14.0. The lowest BCUT2D eigenvalue weighted by atomic mass is 9.89. The van der Waals surface area contributed by atoms with Crippen molar-refractivity contribution in [1.29, 1.82) is 0 Å². The standard InChI is InChI=1S/C50H41N3O.C2H6/c1-3-12-34-20-30-47-45(32-34)46-33-35(13-4-2)21-31-48(46)53(47)40-28-26-37(27-29-40)42-17-9-11-19-44(42)43-18-10-8-16-41(43)36-22-24-39(25-23-36)50-52-51-49(54-50)38-14-6-5-7-15-38;1-2/h5-11,14-33H,3-4,12-13H2,1-2H3;1-2H3. The number of hydrogen-bond acceptors (Lipinski definition) is 3. The third-order valence-electron chi connectivity index (χ3n) is 10.4. The summed E-state index contributed by atoms with van der Waals surface area (Å²) in [6.45, 7) is 8.50. The summed E-state index contributed by atoms with van der Waals surface area (Å²) in [6, 6.07) is 58.8. The minimum Gasteiger partial charge on any atom is -0.416 e. The number of fused-ring (bicyclic) bond motifs is 3. The van der Waals surface area contributed by atoms with Gasteiger partial charge in [0, 0.05) is 27.6 Å². The molecule has 0 N–H and O–H groups in total. The van der Waals surface area contributed by atoms with Crippen molar-refractivity contribution in [3.05, 3.63) is 175 Å². The monoisotopic (exact) mass is 729 g/mol. The van der Waals surface area contributed by atoms with Crippen LogP contribution >= 0.6 is 0 Å². The number of nitrogens with zero attached hydrogens (tertiary/aromatic N) is 3. The van der Waals surface area contributed by atoms with Crippen LogP contribution in [-0.2, 0) is 12.8 Å². The van der Waals surface area contributed by atoms with Crippen LogP contribution in [0.5, 0.6) is 0 Å². The van der Waals surface area contributed by atoms with Crippen molar-refractivity contribution in [2.75, 3.05) is 0 Å². The molecule has 0 aliphatic heterocycles. The minimum absolute atomic E-state index is 0.505. The van der Waals surface area contributed by atoms with Crippen molar-refractivity contribution in [3.8, 4) is 62.0 Å². The van der Waals surface area contributed by atoms with E-state index in [-0.39, 0.29) is 0 Å². The number of aromatic nitrogens is 3. The second-order valence-corrected chi connectivity index (χ2v) is 14.0. The zero-order valence-corrected chi connectivity index (χ0v) is 32.7. The number of aryl methyl sites for hydroxylation is 2. The number of rotatable bonds is 10. The van der Waals surface area contributed by atoms with Crippen LogP contribution < -0.4 is 0 Å². The Labute approximate surface area is 330 Å². The molecule has 0 bridgehead atoms. The van der Waals surface area contributed by atoms with Crippen molar-refractivity contribution in [2.24, 2.45) is 0 Å². The van der Waals surface area contributed by atoms with Crippen LogP contribution in [0.1, 0.15) is 51.7 Å². The third kappa shape index (κ3) is 7.07. The van der Waals surface area contributed by atoms with Gasteiger partial charge in [0.1, 0.15) is 0 Å². The molecule has 0 saturated heterocycles. The zero-order valence-electron chi connectivity index (χ0n) is 32.7. The Morgan fingerprint density at radius 3 is 1.32 bits per heavy atom. The summed E-state index contributed by atoms with van der Waals surface area (Å²) in [5, 5.41) is 11.3. The Balaban J connectivity index is 0.00000217. The van der Waals surface area contributed by atoms with Crippen molar-refractivity contribution >= 4 is 21.8 Å². The Hall–Kier alpha value is -6.52. The SMILES string of the molecule is CC.CCCc1ccc2c(c1)c1cc(CCC)ccc1n2-c1ccc(-c2ccccc2-c2ccccc2-c2ccc(-c3nnc(-c4ccccc4)o3)cc2)cc1. The normalized spacial score (nSPS) is 11.1. The Morgan fingerprint density at radius 1 is 0.429 bits per heavy atom. The van der Waals surface area contributed by atoms with E-state index in [2.05, 4.69) is 162 Å². The van der Waals surface area contributed by atoms with E-state index >= 15 is 0 Å². The molecule has 0 aliphatic rings. The van der Waals surface area contributed by atoms with E-state index in [9.17, 15) is 0 Å². The first-order valence-electron chi connectivity index (χ1n) is 20.0. The van der Waals surface area contributed by atoms with E-state index < -0.39 is 0 Å². The van der Waals surface area contributed by atoms with Crippen LogP contribution in [0.2, 0.25) is 0 Å². The molecule has 9 rings (SSSR count). The van der Waals surface area contributed by atoms with Gasteiger partial charge < -0.3 is 8.98 Å². The van der Waals surface area contributed by atoms with Crippen molar-refractivity contribution < 1.29 is 4.42 Å². The highest BCUT2D eigenvalue weighted by Gasteiger charge is 2.17. The molecule has 0 aliphatic carbocycles. The Bertz CT molecular complexity index is 2660. The summed E-state index contributed by atoms with van der Waals surface area (Å²) in [7, 11) is 0. The van der Waals surface area contributed by atoms with Gasteiger partial charge in [-0.2, -0.15) is 0 Å². The molecule has 0 atom stereocenters. The molecule has 56 heavy (non-hydrogen) atoms. The molecule has 0 spiro atoms. The van der Waals surface area contributed by atoms with Crippen LogP contribution in [0.4, 0.5) is 0 Å². The molecule has 0 amide bonds. The van der Waals surface area contributed by atoms with Gasteiger partial charge in [0.25, 0.3) is 0 Å². The average molecular weight is 730 g/mol. The Morgan fingerprint density at radius 2 is 0.839 bits per heavy atom. The molecular weight excluding hydrogens is 683 g/mol. The molecule has 2 aromatic heterocycles. The summed E-state index contributed by atoms with van der Waals surface area (Å²) < 4.78 is 8.47. The second kappa shape index (κ2) is 16.5. The van der Waals surface area contributed by atoms with Crippen molar-refractivity contribution in [1.82, 2.24) is 14.8 Å². The molecular formula is C52H47N3O. The van der Waals surface area contributed by atoms with Crippen molar-refractivity contribution in [3.63, 3.8) is 0 Å². The molecule has 0 radical (unpaired) electrons. The van der Waals surface area contributed by atoms with Gasteiger partial charge in [0.2, 0.25) is 11.8 Å². The van der Waals surface area contributed by atoms with Gasteiger partial charge in [0.05, 0.1) is 11.0 Å². The highest BCUT2D eigenvalue weighted by atomic mass is 16.4. The average Bonchev–Trinajstić information content (AvgIpc) is 3.89. The molecule has 4 nitrogen and oxygen atoms in total. The molecule has 276 valence electrons. The fourth-order valence-corrected chi connectivity index (χ4v) is 7.84. The summed E-state index contributed by atoms with van der Waals surface area (Å²) in [4.78, 5) is 0. The lowest BCUT2D eigenvalue weighted by Crippen LogP contribution is -1.95. The van der Waals surface area contributed by atoms with Gasteiger partial charge in [0.15, 0.2) is 0 Å². The van der Waals surface area contributed by atoms with Crippen LogP contribution in [0.25, 0.3) is 83.8 Å². The van der Waals surface area contributed by atoms with E-state index in [0.29, 0.717) is 11.8 Å². The largest absolute Gasteiger partial charge is 0.416 e. The summed E-state index contributed by atoms with van der Waals surface area (Å²) in [5.74, 6) is 1.02. The summed E-state index contributed by atoms with van der Waals surface area (Å²) in [5.41, 5.74) is 15.3. The first kappa shape index (κ1) is 36.5. The Kier molecular flexibility index (Phi) is 10.7. The van der Waals surface area contributed by atoms with E-state index in [0.717, 1.165) is 42.4 Å². The van der Waals surface area contributed by atoms with Gasteiger partial charge in [-0.05, 0) is 118 Å². The zero-order chi connectivity index (χ0) is 38.4. The van der Waals surface area contributed by atoms with Gasteiger partial charge in [-0.15, -0.1) is 10.2 Å². The lowest BCUT2D eigenvalue weighted by molar-refractivity contribution is 0.584. The first-order valence-corrected chi connectivity index (χ1v) is 20.0. The van der Waals surface area contributed by atoms with Gasteiger partial charge in [-0.1, -0.05) is 144 Å². The van der Waals surface area contributed by atoms with Crippen LogP contribution in [-0.4, -0.2) is 14.8 Å². The quantitative estimate of drug-likeness (QED) is 0.141. The number of hydrogen-bond donors (Lipinski definition) is 0. The molecule has 0 saturated carbocycles. The molecule has 2 heterocycles. The molecule has 4 heteroatoms. The third-order valence-corrected chi connectivity index (χ3v) is 10.4. The van der Waals surface area contributed by atoms with E-state index in [1.54, 1.807) is 0 Å². The summed E-state index contributed by atoms with van der Waals surface area (Å²) in [6.07, 6.45) is 4.47. The van der Waals surface area contributed by atoms with Gasteiger partial charge in [-0.25, -0.2) is 0 Å². The molecule has 7 aromatic carbocycles. The molecule has 0 unspecified atom stereocenters. The van der Waals surface area contributed by atoms with Crippen LogP contribution in [0.15, 0.2) is 168 Å². The fraction of sp³-hybridized carbons (Fsp3) is 0.154. The van der Waals surface area contributed by atoms with Crippen LogP contribution in [0, 0.1) is 0 Å². The van der Waals surface area contributed by atoms with Gasteiger partial charge >= 0.3 is 0 Å². The van der Waals surface area contributed by atoms with E-state index in [1.165, 1.54) is 66.4 Å². The maximum absolute atomic E-state index is 6.04. The van der Waals surface area contributed by atoms with Crippen LogP contribution in [0.3, 0.4) is 0 Å². The predicted molar refractivity (Wildman–Crippen MR) is 235 cm³/mol. The van der Waals surface area contributed by atoms with Crippen molar-refractivity contribution in [2.45, 2.75) is 53.4 Å². The molecule has 0 fully saturated rings. The number of benzene rings is 7. The smallest absolute Gasteiger partial charge is 0.248 e. The van der Waals surface area contributed by atoms with E-state index in [4.69, 9.17) is 4.42 Å².